The van der Waals surface area contributed by atoms with E-state index in [-0.39, 0.29) is 23.0 Å². The van der Waals surface area contributed by atoms with E-state index in [1.165, 1.54) is 12.1 Å². The lowest BCUT2D eigenvalue weighted by atomic mass is 10.1. The van der Waals surface area contributed by atoms with E-state index in [1.54, 1.807) is 25.1 Å². The summed E-state index contributed by atoms with van der Waals surface area (Å²) in [4.78, 5) is 33.0. The Labute approximate surface area is 148 Å². The number of nitro benzene ring substituents is 1. The van der Waals surface area contributed by atoms with Crippen LogP contribution in [-0.4, -0.2) is 23.7 Å². The highest BCUT2D eigenvalue weighted by molar-refractivity contribution is 6.30. The molecule has 0 aliphatic heterocycles. The van der Waals surface area contributed by atoms with Gasteiger partial charge in [-0.25, -0.2) is 0 Å². The van der Waals surface area contributed by atoms with Gasteiger partial charge in [0.1, 0.15) is 6.29 Å². The molecule has 2 rings (SSSR count). The molecular formula is C17H15ClN2O5. The highest BCUT2D eigenvalue weighted by Crippen LogP contribution is 2.27. The Morgan fingerprint density at radius 3 is 2.76 bits per heavy atom. The van der Waals surface area contributed by atoms with Gasteiger partial charge in [0, 0.05) is 16.7 Å². The average Bonchev–Trinajstić information content (AvgIpc) is 2.59. The fourth-order valence-corrected chi connectivity index (χ4v) is 2.36. The molecule has 8 heteroatoms. The lowest BCUT2D eigenvalue weighted by Gasteiger charge is -2.15. The van der Waals surface area contributed by atoms with Crippen LogP contribution in [0.2, 0.25) is 5.02 Å². The van der Waals surface area contributed by atoms with Crippen molar-refractivity contribution in [3.05, 3.63) is 68.7 Å². The van der Waals surface area contributed by atoms with E-state index in [4.69, 9.17) is 16.3 Å². The predicted octanol–water partition coefficient (Wildman–Crippen LogP) is 3.32. The Morgan fingerprint density at radius 2 is 2.12 bits per heavy atom. The molecule has 25 heavy (non-hydrogen) atoms. The van der Waals surface area contributed by atoms with Crippen molar-refractivity contribution in [1.82, 2.24) is 5.32 Å². The summed E-state index contributed by atoms with van der Waals surface area (Å²) in [6.45, 7) is 1.39. The number of carbonyl (C=O) groups is 2. The molecule has 2 aromatic carbocycles. The van der Waals surface area contributed by atoms with Gasteiger partial charge in [0.15, 0.2) is 12.4 Å². The van der Waals surface area contributed by atoms with Gasteiger partial charge in [-0.15, -0.1) is 0 Å². The molecule has 1 amide bonds. The van der Waals surface area contributed by atoms with Crippen LogP contribution in [0.25, 0.3) is 0 Å². The van der Waals surface area contributed by atoms with Crippen LogP contribution in [0.4, 0.5) is 5.69 Å². The van der Waals surface area contributed by atoms with Gasteiger partial charge in [-0.3, -0.25) is 19.7 Å². The fraction of sp³-hybridized carbons (Fsp3) is 0.176. The normalized spacial score (nSPS) is 11.4. The van der Waals surface area contributed by atoms with E-state index in [1.807, 2.05) is 6.07 Å². The Balaban J connectivity index is 2.00. The van der Waals surface area contributed by atoms with Crippen molar-refractivity contribution in [2.75, 3.05) is 6.61 Å². The van der Waals surface area contributed by atoms with Crippen LogP contribution in [0, 0.1) is 10.1 Å². The molecule has 0 aliphatic rings. The topological polar surface area (TPSA) is 98.5 Å². The number of aldehydes is 1. The number of ether oxygens (including phenoxy) is 1. The predicted molar refractivity (Wildman–Crippen MR) is 92.0 cm³/mol. The molecular weight excluding hydrogens is 348 g/mol. The molecule has 0 aliphatic carbocycles. The Morgan fingerprint density at radius 1 is 1.36 bits per heavy atom. The van der Waals surface area contributed by atoms with E-state index in [0.717, 1.165) is 11.6 Å². The van der Waals surface area contributed by atoms with E-state index in [0.29, 0.717) is 11.3 Å². The molecule has 0 saturated carbocycles. The fourth-order valence-electron chi connectivity index (χ4n) is 2.16. The molecule has 0 radical (unpaired) electrons. The third-order valence-electron chi connectivity index (χ3n) is 3.40. The minimum Gasteiger partial charge on any atom is -0.477 e. The number of rotatable bonds is 7. The first-order chi connectivity index (χ1) is 11.9. The SMILES string of the molecule is C[C@@H](NC(=O)COc1ccc(C=O)cc1[N+](=O)[O-])c1cccc(Cl)c1. The molecule has 1 N–H and O–H groups in total. The molecule has 0 aromatic heterocycles. The third-order valence-corrected chi connectivity index (χ3v) is 3.64. The standard InChI is InChI=1S/C17H15ClN2O5/c1-11(13-3-2-4-14(18)8-13)19-17(22)10-25-16-6-5-12(9-21)7-15(16)20(23)24/h2-9,11H,10H2,1H3,(H,19,22)/t11-/m1/s1. The van der Waals surface area contributed by atoms with Crippen molar-refractivity contribution in [3.63, 3.8) is 0 Å². The zero-order valence-electron chi connectivity index (χ0n) is 13.3. The molecule has 0 unspecified atom stereocenters. The number of benzene rings is 2. The summed E-state index contributed by atoms with van der Waals surface area (Å²) in [5.74, 6) is -0.526. The van der Waals surface area contributed by atoms with Crippen molar-refractivity contribution in [3.8, 4) is 5.75 Å². The van der Waals surface area contributed by atoms with Crippen LogP contribution in [0.5, 0.6) is 5.75 Å². The van der Waals surface area contributed by atoms with Crippen LogP contribution in [0.15, 0.2) is 42.5 Å². The quantitative estimate of drug-likeness (QED) is 0.463. The number of nitrogens with zero attached hydrogens (tertiary/aromatic N) is 1. The summed E-state index contributed by atoms with van der Waals surface area (Å²) in [5.41, 5.74) is 0.598. The Hall–Kier alpha value is -2.93. The van der Waals surface area contributed by atoms with Crippen LogP contribution < -0.4 is 10.1 Å². The highest BCUT2D eigenvalue weighted by Gasteiger charge is 2.18. The first-order valence-electron chi connectivity index (χ1n) is 7.32. The number of hydrogen-bond acceptors (Lipinski definition) is 5. The first-order valence-corrected chi connectivity index (χ1v) is 7.69. The van der Waals surface area contributed by atoms with Gasteiger partial charge in [0.25, 0.3) is 5.91 Å². The molecule has 2 aromatic rings. The summed E-state index contributed by atoms with van der Waals surface area (Å²) >= 11 is 5.91. The van der Waals surface area contributed by atoms with Gasteiger partial charge in [0.2, 0.25) is 0 Å². The average molecular weight is 363 g/mol. The summed E-state index contributed by atoms with van der Waals surface area (Å²) in [7, 11) is 0. The number of amides is 1. The largest absolute Gasteiger partial charge is 0.477 e. The number of nitro groups is 1. The summed E-state index contributed by atoms with van der Waals surface area (Å²) in [6, 6.07) is 10.5. The molecule has 0 spiro atoms. The monoisotopic (exact) mass is 362 g/mol. The van der Waals surface area contributed by atoms with Crippen LogP contribution in [-0.2, 0) is 4.79 Å². The second-order valence-corrected chi connectivity index (χ2v) is 5.67. The van der Waals surface area contributed by atoms with Crippen LogP contribution in [0.1, 0.15) is 28.9 Å². The van der Waals surface area contributed by atoms with Crippen molar-refractivity contribution in [2.45, 2.75) is 13.0 Å². The van der Waals surface area contributed by atoms with Gasteiger partial charge in [-0.05, 0) is 36.8 Å². The van der Waals surface area contributed by atoms with Gasteiger partial charge in [-0.1, -0.05) is 23.7 Å². The smallest absolute Gasteiger partial charge is 0.311 e. The van der Waals surface area contributed by atoms with Gasteiger partial charge in [0.05, 0.1) is 11.0 Å². The van der Waals surface area contributed by atoms with Crippen molar-refractivity contribution in [2.24, 2.45) is 0 Å². The molecule has 130 valence electrons. The maximum atomic E-state index is 12.0. The van der Waals surface area contributed by atoms with Gasteiger partial charge >= 0.3 is 5.69 Å². The van der Waals surface area contributed by atoms with Crippen molar-refractivity contribution in [1.29, 1.82) is 0 Å². The summed E-state index contributed by atoms with van der Waals surface area (Å²) < 4.78 is 5.22. The number of carbonyl (C=O) groups excluding carboxylic acids is 2. The number of hydrogen-bond donors (Lipinski definition) is 1. The van der Waals surface area contributed by atoms with Crippen molar-refractivity contribution >= 4 is 29.5 Å². The number of halogens is 1. The van der Waals surface area contributed by atoms with E-state index in [2.05, 4.69) is 5.32 Å². The molecule has 0 fully saturated rings. The Kier molecular flexibility index (Phi) is 6.08. The third kappa shape index (κ3) is 5.02. The van der Waals surface area contributed by atoms with Crippen LogP contribution in [0.3, 0.4) is 0 Å². The maximum absolute atomic E-state index is 12.0. The summed E-state index contributed by atoms with van der Waals surface area (Å²) in [6.07, 6.45) is 0.496. The minimum atomic E-state index is -0.672. The molecule has 1 atom stereocenters. The zero-order chi connectivity index (χ0) is 18.4. The molecule has 7 nitrogen and oxygen atoms in total. The number of nitrogens with one attached hydrogen (secondary N) is 1. The molecule has 0 heterocycles. The minimum absolute atomic E-state index is 0.0823. The molecule has 0 saturated heterocycles. The zero-order valence-corrected chi connectivity index (χ0v) is 14.0. The first kappa shape index (κ1) is 18.4. The summed E-state index contributed by atoms with van der Waals surface area (Å²) in [5, 5.41) is 14.3. The highest BCUT2D eigenvalue weighted by atomic mass is 35.5. The Bertz CT molecular complexity index is 809. The van der Waals surface area contributed by atoms with E-state index in [9.17, 15) is 19.7 Å². The van der Waals surface area contributed by atoms with E-state index >= 15 is 0 Å². The maximum Gasteiger partial charge on any atom is 0.311 e. The van der Waals surface area contributed by atoms with Crippen LogP contribution >= 0.6 is 11.6 Å². The second kappa shape index (κ2) is 8.25. The lowest BCUT2D eigenvalue weighted by molar-refractivity contribution is -0.385. The van der Waals surface area contributed by atoms with Gasteiger partial charge in [-0.2, -0.15) is 0 Å². The molecule has 0 bridgehead atoms. The second-order valence-electron chi connectivity index (χ2n) is 5.24. The van der Waals surface area contributed by atoms with Gasteiger partial charge < -0.3 is 10.1 Å². The van der Waals surface area contributed by atoms with E-state index < -0.39 is 17.4 Å². The van der Waals surface area contributed by atoms with Crippen molar-refractivity contribution < 1.29 is 19.2 Å². The lowest BCUT2D eigenvalue weighted by Crippen LogP contribution is -2.31.